The maximum absolute atomic E-state index is 12.6. The Morgan fingerprint density at radius 3 is 2.80 bits per heavy atom. The van der Waals surface area contributed by atoms with Crippen LogP contribution >= 0.6 is 35.2 Å². The van der Waals surface area contributed by atoms with E-state index in [4.69, 9.17) is 28.6 Å². The summed E-state index contributed by atoms with van der Waals surface area (Å²) in [6, 6.07) is 12.3. The molecule has 0 unspecified atom stereocenters. The molecule has 8 nitrogen and oxygen atoms in total. The summed E-state index contributed by atoms with van der Waals surface area (Å²) in [5.41, 5.74) is 1.80. The van der Waals surface area contributed by atoms with Gasteiger partial charge in [0.2, 0.25) is 4.96 Å². The quantitative estimate of drug-likeness (QED) is 0.447. The average molecular weight is 459 g/mol. The number of amides is 1. The molecule has 2 heterocycles. The molecule has 30 heavy (non-hydrogen) atoms. The number of thiocarbonyl (C=S) groups is 1. The average Bonchev–Trinajstić information content (AvgIpc) is 3.30. The molecule has 1 amide bonds. The number of rotatable bonds is 4. The summed E-state index contributed by atoms with van der Waals surface area (Å²) in [6.07, 6.45) is 0. The number of carbonyl (C=O) groups excluding carboxylic acids is 1. The molecule has 0 aliphatic rings. The number of hydrogen-bond acceptors (Lipinski definition) is 7. The molecular weight excluding hydrogens is 444 g/mol. The Bertz CT molecular complexity index is 1270. The molecule has 4 rings (SSSR count). The van der Waals surface area contributed by atoms with Crippen LogP contribution in [0.3, 0.4) is 0 Å². The molecule has 2 N–H and O–H groups in total. The molecule has 2 aromatic heterocycles. The van der Waals surface area contributed by atoms with Crippen molar-refractivity contribution in [1.82, 2.24) is 25.1 Å². The van der Waals surface area contributed by atoms with E-state index in [2.05, 4.69) is 25.9 Å². The van der Waals surface area contributed by atoms with Crippen molar-refractivity contribution in [3.05, 3.63) is 58.9 Å². The number of aryl methyl sites for hydroxylation is 1. The minimum absolute atomic E-state index is 0.133. The molecule has 0 aliphatic heterocycles. The zero-order valence-electron chi connectivity index (χ0n) is 15.8. The highest BCUT2D eigenvalue weighted by molar-refractivity contribution is 7.80. The highest BCUT2D eigenvalue weighted by atomic mass is 35.5. The number of fused-ring (bicyclic) bond motifs is 1. The molecule has 0 fully saturated rings. The van der Waals surface area contributed by atoms with E-state index >= 15 is 0 Å². The summed E-state index contributed by atoms with van der Waals surface area (Å²) in [4.78, 5) is 13.3. The van der Waals surface area contributed by atoms with Crippen LogP contribution < -0.4 is 15.4 Å². The van der Waals surface area contributed by atoms with Crippen LogP contribution in [-0.4, -0.2) is 37.9 Å². The molecule has 4 aromatic rings. The number of ether oxygens (including phenoxy) is 1. The summed E-state index contributed by atoms with van der Waals surface area (Å²) < 4.78 is 6.91. The first kappa shape index (κ1) is 20.2. The fourth-order valence-corrected chi connectivity index (χ4v) is 4.08. The molecule has 0 spiro atoms. The normalized spacial score (nSPS) is 10.8. The van der Waals surface area contributed by atoms with Gasteiger partial charge in [0.05, 0.1) is 18.4 Å². The van der Waals surface area contributed by atoms with Crippen LogP contribution in [0.25, 0.3) is 15.5 Å². The Balaban J connectivity index is 1.56. The van der Waals surface area contributed by atoms with Crippen molar-refractivity contribution in [2.24, 2.45) is 0 Å². The van der Waals surface area contributed by atoms with Crippen molar-refractivity contribution in [1.29, 1.82) is 0 Å². The number of hydrogen-bond donors (Lipinski definition) is 2. The third-order valence-electron chi connectivity index (χ3n) is 4.19. The van der Waals surface area contributed by atoms with Gasteiger partial charge in [-0.25, -0.2) is 0 Å². The Labute approximate surface area is 185 Å². The highest BCUT2D eigenvalue weighted by Crippen LogP contribution is 2.31. The van der Waals surface area contributed by atoms with Gasteiger partial charge in [0.25, 0.3) is 5.91 Å². The van der Waals surface area contributed by atoms with Crippen molar-refractivity contribution in [2.75, 3.05) is 12.4 Å². The number of aromatic nitrogens is 4. The second kappa shape index (κ2) is 8.34. The molecule has 0 aliphatic carbocycles. The summed E-state index contributed by atoms with van der Waals surface area (Å²) in [6.45, 7) is 1.84. The van der Waals surface area contributed by atoms with Gasteiger partial charge in [-0.05, 0) is 49.5 Å². The standard InChI is InChI=1S/C19H15ClN6O2S2/c1-10-23-24-19-26(10)25-17(30-19)12-5-3-4-6-14(12)21-18(29)22-16(27)13-9-11(20)7-8-15(13)28-2/h3-9H,1-2H3,(H2,21,22,27,29). The Morgan fingerprint density at radius 2 is 2.03 bits per heavy atom. The minimum Gasteiger partial charge on any atom is -0.496 e. The molecule has 152 valence electrons. The van der Waals surface area contributed by atoms with Gasteiger partial charge in [-0.15, -0.1) is 10.2 Å². The second-order valence-electron chi connectivity index (χ2n) is 6.15. The van der Waals surface area contributed by atoms with Crippen LogP contribution in [0, 0.1) is 6.92 Å². The van der Waals surface area contributed by atoms with E-state index in [9.17, 15) is 4.79 Å². The van der Waals surface area contributed by atoms with Crippen molar-refractivity contribution in [2.45, 2.75) is 6.92 Å². The number of methoxy groups -OCH3 is 1. The molecule has 0 bridgehead atoms. The molecule has 11 heteroatoms. The van der Waals surface area contributed by atoms with E-state index in [-0.39, 0.29) is 10.7 Å². The highest BCUT2D eigenvalue weighted by Gasteiger charge is 2.17. The van der Waals surface area contributed by atoms with Gasteiger partial charge in [-0.3, -0.25) is 10.1 Å². The number of carbonyl (C=O) groups is 1. The third kappa shape index (κ3) is 3.97. The first-order chi connectivity index (χ1) is 14.5. The summed E-state index contributed by atoms with van der Waals surface area (Å²) in [7, 11) is 1.48. The largest absolute Gasteiger partial charge is 0.496 e. The van der Waals surface area contributed by atoms with Crippen molar-refractivity contribution < 1.29 is 9.53 Å². The Hall–Kier alpha value is -3.08. The van der Waals surface area contributed by atoms with Crippen LogP contribution in [0.5, 0.6) is 5.75 Å². The van der Waals surface area contributed by atoms with Gasteiger partial charge in [-0.2, -0.15) is 9.61 Å². The van der Waals surface area contributed by atoms with Gasteiger partial charge in [-0.1, -0.05) is 35.1 Å². The topological polar surface area (TPSA) is 93.4 Å². The number of nitrogens with one attached hydrogen (secondary N) is 2. The first-order valence-corrected chi connectivity index (χ1v) is 10.3. The van der Waals surface area contributed by atoms with Crippen LogP contribution in [0.15, 0.2) is 42.5 Å². The number of halogens is 1. The predicted molar refractivity (Wildman–Crippen MR) is 121 cm³/mol. The van der Waals surface area contributed by atoms with Crippen LogP contribution in [0.2, 0.25) is 5.02 Å². The zero-order valence-corrected chi connectivity index (χ0v) is 18.2. The summed E-state index contributed by atoms with van der Waals surface area (Å²) >= 11 is 12.8. The SMILES string of the molecule is COc1ccc(Cl)cc1C(=O)NC(=S)Nc1ccccc1-c1nn2c(C)nnc2s1. The minimum atomic E-state index is -0.432. The van der Waals surface area contributed by atoms with E-state index < -0.39 is 5.91 Å². The monoisotopic (exact) mass is 458 g/mol. The van der Waals surface area contributed by atoms with E-state index in [0.29, 0.717) is 27.2 Å². The predicted octanol–water partition coefficient (Wildman–Crippen LogP) is 3.95. The lowest BCUT2D eigenvalue weighted by molar-refractivity contribution is 0.0975. The Kier molecular flexibility index (Phi) is 5.62. The lowest BCUT2D eigenvalue weighted by atomic mass is 10.2. The number of nitrogens with zero attached hydrogens (tertiary/aromatic N) is 4. The molecule has 0 saturated heterocycles. The fraction of sp³-hybridized carbons (Fsp3) is 0.105. The summed E-state index contributed by atoms with van der Waals surface area (Å²) in [5, 5.41) is 19.7. The first-order valence-electron chi connectivity index (χ1n) is 8.70. The van der Waals surface area contributed by atoms with Crippen LogP contribution in [0.4, 0.5) is 5.69 Å². The molecule has 0 saturated carbocycles. The fourth-order valence-electron chi connectivity index (χ4n) is 2.78. The van der Waals surface area contributed by atoms with Gasteiger partial charge in [0.1, 0.15) is 10.8 Å². The van der Waals surface area contributed by atoms with E-state index in [1.165, 1.54) is 24.5 Å². The van der Waals surface area contributed by atoms with Crippen molar-refractivity contribution in [3.63, 3.8) is 0 Å². The van der Waals surface area contributed by atoms with Crippen LogP contribution in [0.1, 0.15) is 16.2 Å². The number of anilines is 1. The molecule has 0 radical (unpaired) electrons. The van der Waals surface area contributed by atoms with E-state index in [1.807, 2.05) is 31.2 Å². The summed E-state index contributed by atoms with van der Waals surface area (Å²) in [5.74, 6) is 0.671. The van der Waals surface area contributed by atoms with Crippen LogP contribution in [-0.2, 0) is 0 Å². The van der Waals surface area contributed by atoms with Crippen molar-refractivity contribution in [3.8, 4) is 16.3 Å². The molecule has 2 aromatic carbocycles. The Morgan fingerprint density at radius 1 is 1.23 bits per heavy atom. The maximum Gasteiger partial charge on any atom is 0.261 e. The third-order valence-corrected chi connectivity index (χ3v) is 5.56. The number of benzene rings is 2. The van der Waals surface area contributed by atoms with E-state index in [0.717, 1.165) is 10.6 Å². The van der Waals surface area contributed by atoms with Gasteiger partial charge in [0, 0.05) is 10.6 Å². The number of para-hydroxylation sites is 1. The van der Waals surface area contributed by atoms with Gasteiger partial charge < -0.3 is 10.1 Å². The zero-order chi connectivity index (χ0) is 21.3. The van der Waals surface area contributed by atoms with E-state index in [1.54, 1.807) is 16.6 Å². The maximum atomic E-state index is 12.6. The second-order valence-corrected chi connectivity index (χ2v) is 7.95. The van der Waals surface area contributed by atoms with Crippen molar-refractivity contribution >= 4 is 56.8 Å². The molecule has 0 atom stereocenters. The van der Waals surface area contributed by atoms with Gasteiger partial charge in [0.15, 0.2) is 10.9 Å². The lowest BCUT2D eigenvalue weighted by Crippen LogP contribution is -2.34. The smallest absolute Gasteiger partial charge is 0.261 e. The van der Waals surface area contributed by atoms with Gasteiger partial charge >= 0.3 is 0 Å². The molecular formula is C19H15ClN6O2S2. The lowest BCUT2D eigenvalue weighted by Gasteiger charge is -2.13.